The van der Waals surface area contributed by atoms with Gasteiger partial charge in [-0.25, -0.2) is 15.0 Å². The molecule has 0 radical (unpaired) electrons. The Hall–Kier alpha value is -3.31. The Balaban J connectivity index is 2.13. The maximum absolute atomic E-state index is 9.58. The molecule has 26 heavy (non-hydrogen) atoms. The lowest BCUT2D eigenvalue weighted by atomic mass is 9.95. The molecular weight excluding hydrogens is 330 g/mol. The summed E-state index contributed by atoms with van der Waals surface area (Å²) in [4.78, 5) is 13.2. The van der Waals surface area contributed by atoms with E-state index in [-0.39, 0.29) is 5.82 Å². The van der Waals surface area contributed by atoms with Gasteiger partial charge in [0, 0.05) is 55.9 Å². The molecule has 0 fully saturated rings. The van der Waals surface area contributed by atoms with Crippen LogP contribution >= 0.6 is 0 Å². The predicted octanol–water partition coefficient (Wildman–Crippen LogP) is 1.89. The van der Waals surface area contributed by atoms with Crippen molar-refractivity contribution in [1.82, 2.24) is 24.7 Å². The van der Waals surface area contributed by atoms with Crippen LogP contribution in [0.25, 0.3) is 22.4 Å². The molecule has 0 aliphatic carbocycles. The van der Waals surface area contributed by atoms with E-state index in [9.17, 15) is 5.26 Å². The van der Waals surface area contributed by atoms with Crippen molar-refractivity contribution in [2.24, 2.45) is 7.05 Å². The Bertz CT molecular complexity index is 970. The number of hydrogen-bond acceptors (Lipinski definition) is 7. The van der Waals surface area contributed by atoms with Crippen molar-refractivity contribution in [1.29, 1.82) is 5.26 Å². The standard InChI is InChI=1S/C18H19N7O/c1-11-16(12-7-21-15(22-8-12)4-5-26-3)14(6-19)18(20)24-17(11)13-9-23-25(2)10-13/h7-10H,4-5H2,1-3H3,(H2,20,24). The maximum atomic E-state index is 9.58. The van der Waals surface area contributed by atoms with E-state index in [1.54, 1.807) is 30.4 Å². The lowest BCUT2D eigenvalue weighted by Gasteiger charge is -2.14. The minimum absolute atomic E-state index is 0.176. The van der Waals surface area contributed by atoms with E-state index in [0.29, 0.717) is 35.7 Å². The quantitative estimate of drug-likeness (QED) is 0.747. The van der Waals surface area contributed by atoms with Crippen LogP contribution in [0, 0.1) is 18.3 Å². The summed E-state index contributed by atoms with van der Waals surface area (Å²) in [5.41, 5.74) is 10.1. The first-order valence-electron chi connectivity index (χ1n) is 8.04. The van der Waals surface area contributed by atoms with E-state index < -0.39 is 0 Å². The van der Waals surface area contributed by atoms with Crippen molar-refractivity contribution in [3.8, 4) is 28.5 Å². The summed E-state index contributed by atoms with van der Waals surface area (Å²) >= 11 is 0. The number of hydrogen-bond donors (Lipinski definition) is 1. The van der Waals surface area contributed by atoms with Gasteiger partial charge in [0.1, 0.15) is 23.3 Å². The molecule has 0 saturated heterocycles. The summed E-state index contributed by atoms with van der Waals surface area (Å²) in [6.07, 6.45) is 7.60. The van der Waals surface area contributed by atoms with Gasteiger partial charge in [-0.15, -0.1) is 0 Å². The van der Waals surface area contributed by atoms with Gasteiger partial charge in [0.15, 0.2) is 0 Å². The summed E-state index contributed by atoms with van der Waals surface area (Å²) in [5.74, 6) is 0.858. The fraction of sp³-hybridized carbons (Fsp3) is 0.278. The number of aryl methyl sites for hydroxylation is 1. The van der Waals surface area contributed by atoms with Crippen molar-refractivity contribution in [3.63, 3.8) is 0 Å². The zero-order valence-electron chi connectivity index (χ0n) is 14.9. The normalized spacial score (nSPS) is 10.7. The van der Waals surface area contributed by atoms with Gasteiger partial charge in [-0.1, -0.05) is 0 Å². The Morgan fingerprint density at radius 1 is 1.23 bits per heavy atom. The van der Waals surface area contributed by atoms with E-state index in [1.165, 1.54) is 0 Å². The van der Waals surface area contributed by atoms with Gasteiger partial charge in [-0.3, -0.25) is 4.68 Å². The molecule has 3 aromatic rings. The van der Waals surface area contributed by atoms with Gasteiger partial charge in [-0.05, 0) is 12.5 Å². The highest BCUT2D eigenvalue weighted by atomic mass is 16.5. The number of methoxy groups -OCH3 is 1. The molecule has 8 heteroatoms. The van der Waals surface area contributed by atoms with E-state index in [2.05, 4.69) is 26.1 Å². The lowest BCUT2D eigenvalue weighted by molar-refractivity contribution is 0.200. The number of rotatable bonds is 5. The number of ether oxygens (including phenoxy) is 1. The molecule has 3 rings (SSSR count). The van der Waals surface area contributed by atoms with Gasteiger partial charge in [0.2, 0.25) is 0 Å². The van der Waals surface area contributed by atoms with Crippen LogP contribution < -0.4 is 5.73 Å². The zero-order chi connectivity index (χ0) is 18.7. The Morgan fingerprint density at radius 2 is 1.96 bits per heavy atom. The molecule has 0 aromatic carbocycles. The van der Waals surface area contributed by atoms with E-state index in [0.717, 1.165) is 16.7 Å². The molecule has 0 aliphatic heterocycles. The van der Waals surface area contributed by atoms with Gasteiger partial charge in [-0.2, -0.15) is 10.4 Å². The third-order valence-electron chi connectivity index (χ3n) is 4.08. The average molecular weight is 349 g/mol. The molecule has 3 aromatic heterocycles. The van der Waals surface area contributed by atoms with Gasteiger partial charge in [0.05, 0.1) is 18.5 Å². The SMILES string of the molecule is COCCc1ncc(-c2c(C)c(-c3cnn(C)c3)nc(N)c2C#N)cn1. The number of pyridine rings is 1. The Kier molecular flexibility index (Phi) is 4.91. The molecule has 0 aliphatic rings. The fourth-order valence-electron chi connectivity index (χ4n) is 2.80. The minimum Gasteiger partial charge on any atom is -0.384 e. The molecule has 132 valence electrons. The fourth-order valence-corrected chi connectivity index (χ4v) is 2.80. The molecule has 0 bridgehead atoms. The third-order valence-corrected chi connectivity index (χ3v) is 4.08. The Morgan fingerprint density at radius 3 is 2.54 bits per heavy atom. The number of nitrogens with two attached hydrogens (primary N) is 1. The Labute approximate surface area is 151 Å². The van der Waals surface area contributed by atoms with Gasteiger partial charge >= 0.3 is 0 Å². The van der Waals surface area contributed by atoms with Gasteiger partial charge in [0.25, 0.3) is 0 Å². The second-order valence-corrected chi connectivity index (χ2v) is 5.87. The second kappa shape index (κ2) is 7.29. The van der Waals surface area contributed by atoms with Crippen molar-refractivity contribution < 1.29 is 4.74 Å². The van der Waals surface area contributed by atoms with Crippen molar-refractivity contribution in [2.45, 2.75) is 13.3 Å². The molecule has 0 saturated carbocycles. The second-order valence-electron chi connectivity index (χ2n) is 5.87. The first-order chi connectivity index (χ1) is 12.5. The topological polar surface area (TPSA) is 116 Å². The van der Waals surface area contributed by atoms with Crippen LogP contribution in [-0.4, -0.2) is 38.4 Å². The molecular formula is C18H19N7O. The first kappa shape index (κ1) is 17.5. The van der Waals surface area contributed by atoms with Crippen LogP contribution in [0.4, 0.5) is 5.82 Å². The largest absolute Gasteiger partial charge is 0.384 e. The monoisotopic (exact) mass is 349 g/mol. The predicted molar refractivity (Wildman–Crippen MR) is 96.9 cm³/mol. The third kappa shape index (κ3) is 3.25. The number of nitriles is 1. The average Bonchev–Trinajstić information content (AvgIpc) is 3.08. The smallest absolute Gasteiger partial charge is 0.142 e. The van der Waals surface area contributed by atoms with Crippen molar-refractivity contribution in [3.05, 3.63) is 41.7 Å². The van der Waals surface area contributed by atoms with Crippen molar-refractivity contribution >= 4 is 5.82 Å². The summed E-state index contributed by atoms with van der Waals surface area (Å²) in [6, 6.07) is 2.15. The van der Waals surface area contributed by atoms with Crippen LogP contribution in [0.2, 0.25) is 0 Å². The molecule has 0 unspecified atom stereocenters. The van der Waals surface area contributed by atoms with Crippen molar-refractivity contribution in [2.75, 3.05) is 19.5 Å². The summed E-state index contributed by atoms with van der Waals surface area (Å²) in [6.45, 7) is 2.46. The van der Waals surface area contributed by atoms with Crippen LogP contribution in [0.15, 0.2) is 24.8 Å². The first-order valence-corrected chi connectivity index (χ1v) is 8.04. The van der Waals surface area contributed by atoms with Crippen LogP contribution in [0.5, 0.6) is 0 Å². The highest BCUT2D eigenvalue weighted by molar-refractivity contribution is 5.83. The van der Waals surface area contributed by atoms with Crippen LogP contribution in [0.1, 0.15) is 17.0 Å². The van der Waals surface area contributed by atoms with Crippen LogP contribution in [-0.2, 0) is 18.2 Å². The van der Waals surface area contributed by atoms with E-state index in [1.807, 2.05) is 20.2 Å². The molecule has 3 heterocycles. The summed E-state index contributed by atoms with van der Waals surface area (Å²) in [5, 5.41) is 13.8. The highest BCUT2D eigenvalue weighted by Gasteiger charge is 2.19. The number of nitrogens with zero attached hydrogens (tertiary/aromatic N) is 6. The van der Waals surface area contributed by atoms with E-state index in [4.69, 9.17) is 10.5 Å². The zero-order valence-corrected chi connectivity index (χ0v) is 14.9. The highest BCUT2D eigenvalue weighted by Crippen LogP contribution is 2.35. The molecule has 0 amide bonds. The van der Waals surface area contributed by atoms with E-state index >= 15 is 0 Å². The number of aromatic nitrogens is 5. The molecule has 0 atom stereocenters. The lowest BCUT2D eigenvalue weighted by Crippen LogP contribution is -2.05. The molecule has 0 spiro atoms. The summed E-state index contributed by atoms with van der Waals surface area (Å²) in [7, 11) is 3.47. The van der Waals surface area contributed by atoms with Crippen LogP contribution in [0.3, 0.4) is 0 Å². The summed E-state index contributed by atoms with van der Waals surface area (Å²) < 4.78 is 6.74. The maximum Gasteiger partial charge on any atom is 0.142 e. The van der Waals surface area contributed by atoms with Gasteiger partial charge < -0.3 is 10.5 Å². The minimum atomic E-state index is 0.176. The molecule has 2 N–H and O–H groups in total. The number of nitrogen functional groups attached to an aromatic ring is 1. The molecule has 8 nitrogen and oxygen atoms in total. The number of anilines is 1.